The van der Waals surface area contributed by atoms with Gasteiger partial charge in [0.1, 0.15) is 12.4 Å². The van der Waals surface area contributed by atoms with Crippen molar-refractivity contribution in [3.8, 4) is 0 Å². The lowest BCUT2D eigenvalue weighted by Crippen LogP contribution is -1.99. The molecule has 0 bridgehead atoms. The Bertz CT molecular complexity index is 116. The van der Waals surface area contributed by atoms with E-state index in [1.54, 1.807) is 13.2 Å². The van der Waals surface area contributed by atoms with E-state index in [9.17, 15) is 0 Å². The summed E-state index contributed by atoms with van der Waals surface area (Å²) in [6.45, 7) is 6.68. The molecule has 0 N–H and O–H groups in total. The van der Waals surface area contributed by atoms with Gasteiger partial charge < -0.3 is 9.47 Å². The number of hydrogen-bond donors (Lipinski definition) is 0. The van der Waals surface area contributed by atoms with E-state index in [0.29, 0.717) is 13.2 Å². The molecule has 0 aliphatic heterocycles. The Balaban J connectivity index is 3.36. The highest BCUT2D eigenvalue weighted by molar-refractivity contribution is 5.06. The van der Waals surface area contributed by atoms with Gasteiger partial charge in [-0.2, -0.15) is 0 Å². The van der Waals surface area contributed by atoms with Gasteiger partial charge in [0, 0.05) is 7.11 Å². The molecular formula is C8H14O2. The molecule has 0 saturated carbocycles. The summed E-state index contributed by atoms with van der Waals surface area (Å²) < 4.78 is 9.99. The summed E-state index contributed by atoms with van der Waals surface area (Å²) in [5.41, 5.74) is 0. The lowest BCUT2D eigenvalue weighted by Gasteiger charge is -2.03. The largest absolute Gasteiger partial charge is 0.492 e. The van der Waals surface area contributed by atoms with Crippen LogP contribution in [-0.2, 0) is 9.47 Å². The molecule has 0 aliphatic carbocycles. The topological polar surface area (TPSA) is 18.5 Å². The maximum Gasteiger partial charge on any atom is 0.114 e. The highest BCUT2D eigenvalue weighted by atomic mass is 16.5. The molecule has 0 heterocycles. The van der Waals surface area contributed by atoms with Crippen LogP contribution in [0.1, 0.15) is 6.92 Å². The summed E-state index contributed by atoms with van der Waals surface area (Å²) in [5, 5.41) is 0. The molecule has 2 heteroatoms. The lowest BCUT2D eigenvalue weighted by molar-refractivity contribution is 0.114. The minimum atomic E-state index is 0.586. The van der Waals surface area contributed by atoms with Crippen LogP contribution in [0.5, 0.6) is 0 Å². The van der Waals surface area contributed by atoms with E-state index in [1.807, 2.05) is 13.0 Å². The van der Waals surface area contributed by atoms with Crippen LogP contribution in [0.15, 0.2) is 24.5 Å². The summed E-state index contributed by atoms with van der Waals surface area (Å²) in [5.74, 6) is 0.803. The Labute approximate surface area is 62.1 Å². The van der Waals surface area contributed by atoms with Gasteiger partial charge in [-0.15, -0.1) is 0 Å². The Kier molecular flexibility index (Phi) is 5.88. The van der Waals surface area contributed by atoms with E-state index >= 15 is 0 Å². The van der Waals surface area contributed by atoms with E-state index in [-0.39, 0.29) is 0 Å². The number of methoxy groups -OCH3 is 1. The fraction of sp³-hybridized carbons (Fsp3) is 0.500. The average Bonchev–Trinajstić information content (AvgIpc) is 1.99. The summed E-state index contributed by atoms with van der Waals surface area (Å²) in [4.78, 5) is 0. The molecular weight excluding hydrogens is 128 g/mol. The second-order valence-corrected chi connectivity index (χ2v) is 1.74. The minimum absolute atomic E-state index is 0.586. The van der Waals surface area contributed by atoms with Crippen molar-refractivity contribution in [1.82, 2.24) is 0 Å². The molecule has 0 saturated heterocycles. The standard InChI is InChI=1S/C8H14O2/c1-4-8(5-2)10-7-6-9-3/h4-5H,1,6-7H2,2-3H3/b8-5+. The van der Waals surface area contributed by atoms with E-state index < -0.39 is 0 Å². The third-order valence-corrected chi connectivity index (χ3v) is 1.04. The molecule has 58 valence electrons. The van der Waals surface area contributed by atoms with E-state index in [4.69, 9.17) is 9.47 Å². The van der Waals surface area contributed by atoms with Crippen LogP contribution in [0.25, 0.3) is 0 Å². The van der Waals surface area contributed by atoms with Gasteiger partial charge in [-0.25, -0.2) is 0 Å². The second kappa shape index (κ2) is 6.36. The second-order valence-electron chi connectivity index (χ2n) is 1.74. The summed E-state index contributed by atoms with van der Waals surface area (Å²) in [6, 6.07) is 0. The van der Waals surface area contributed by atoms with E-state index in [0.717, 1.165) is 5.76 Å². The molecule has 0 fully saturated rings. The van der Waals surface area contributed by atoms with Crippen LogP contribution in [0, 0.1) is 0 Å². The van der Waals surface area contributed by atoms with Crippen molar-refractivity contribution in [2.75, 3.05) is 20.3 Å². The van der Waals surface area contributed by atoms with Gasteiger partial charge in [-0.1, -0.05) is 6.58 Å². The van der Waals surface area contributed by atoms with Crippen molar-refractivity contribution in [1.29, 1.82) is 0 Å². The zero-order valence-corrected chi connectivity index (χ0v) is 6.59. The summed E-state index contributed by atoms with van der Waals surface area (Å²) in [6.07, 6.45) is 3.54. The quantitative estimate of drug-likeness (QED) is 0.330. The van der Waals surface area contributed by atoms with Crippen LogP contribution >= 0.6 is 0 Å². The van der Waals surface area contributed by atoms with E-state index in [1.165, 1.54) is 0 Å². The molecule has 0 rings (SSSR count). The third-order valence-electron chi connectivity index (χ3n) is 1.04. The van der Waals surface area contributed by atoms with Crippen LogP contribution in [-0.4, -0.2) is 20.3 Å². The fourth-order valence-corrected chi connectivity index (χ4v) is 0.503. The predicted octanol–water partition coefficient (Wildman–Crippen LogP) is 1.74. The van der Waals surface area contributed by atoms with E-state index in [2.05, 4.69) is 6.58 Å². The van der Waals surface area contributed by atoms with Gasteiger partial charge in [-0.3, -0.25) is 0 Å². The van der Waals surface area contributed by atoms with Crippen molar-refractivity contribution in [3.63, 3.8) is 0 Å². The Hall–Kier alpha value is -0.760. The van der Waals surface area contributed by atoms with Gasteiger partial charge in [0.05, 0.1) is 6.61 Å². The Morgan fingerprint density at radius 3 is 2.60 bits per heavy atom. The molecule has 0 aromatic carbocycles. The van der Waals surface area contributed by atoms with Crippen LogP contribution in [0.4, 0.5) is 0 Å². The van der Waals surface area contributed by atoms with Crippen molar-refractivity contribution in [3.05, 3.63) is 24.5 Å². The minimum Gasteiger partial charge on any atom is -0.492 e. The maximum atomic E-state index is 5.20. The first kappa shape index (κ1) is 9.24. The van der Waals surface area contributed by atoms with Gasteiger partial charge in [0.25, 0.3) is 0 Å². The van der Waals surface area contributed by atoms with Crippen molar-refractivity contribution in [2.24, 2.45) is 0 Å². The summed E-state index contributed by atoms with van der Waals surface area (Å²) in [7, 11) is 1.65. The fourth-order valence-electron chi connectivity index (χ4n) is 0.503. The first-order valence-corrected chi connectivity index (χ1v) is 3.25. The number of allylic oxidation sites excluding steroid dienone is 2. The molecule has 0 aliphatic rings. The van der Waals surface area contributed by atoms with Crippen molar-refractivity contribution < 1.29 is 9.47 Å². The van der Waals surface area contributed by atoms with Crippen LogP contribution in [0.3, 0.4) is 0 Å². The monoisotopic (exact) mass is 142 g/mol. The predicted molar refractivity (Wildman–Crippen MR) is 41.8 cm³/mol. The van der Waals surface area contributed by atoms with Crippen molar-refractivity contribution >= 4 is 0 Å². The summed E-state index contributed by atoms with van der Waals surface area (Å²) >= 11 is 0. The van der Waals surface area contributed by atoms with Gasteiger partial charge >= 0.3 is 0 Å². The highest BCUT2D eigenvalue weighted by Gasteiger charge is 1.87. The molecule has 0 unspecified atom stereocenters. The average molecular weight is 142 g/mol. The molecule has 0 atom stereocenters. The smallest absolute Gasteiger partial charge is 0.114 e. The molecule has 10 heavy (non-hydrogen) atoms. The number of hydrogen-bond acceptors (Lipinski definition) is 2. The van der Waals surface area contributed by atoms with Gasteiger partial charge in [-0.05, 0) is 19.1 Å². The molecule has 0 aromatic rings. The SMILES string of the molecule is C=C/C(=C\C)OCCOC. The normalized spacial score (nSPS) is 11.2. The van der Waals surface area contributed by atoms with Crippen molar-refractivity contribution in [2.45, 2.75) is 6.92 Å². The van der Waals surface area contributed by atoms with Gasteiger partial charge in [0.15, 0.2) is 0 Å². The highest BCUT2D eigenvalue weighted by Crippen LogP contribution is 1.96. The molecule has 0 aromatic heterocycles. The zero-order chi connectivity index (χ0) is 7.82. The maximum absolute atomic E-state index is 5.20. The van der Waals surface area contributed by atoms with Crippen LogP contribution < -0.4 is 0 Å². The first-order valence-electron chi connectivity index (χ1n) is 3.25. The molecule has 0 amide bonds. The lowest BCUT2D eigenvalue weighted by atomic mass is 10.4. The Morgan fingerprint density at radius 2 is 2.20 bits per heavy atom. The number of ether oxygens (including phenoxy) is 2. The molecule has 0 spiro atoms. The molecule has 2 nitrogen and oxygen atoms in total. The third kappa shape index (κ3) is 4.15. The molecule has 0 radical (unpaired) electrons. The number of rotatable bonds is 5. The van der Waals surface area contributed by atoms with Crippen LogP contribution in [0.2, 0.25) is 0 Å². The first-order chi connectivity index (χ1) is 4.85. The van der Waals surface area contributed by atoms with Gasteiger partial charge in [0.2, 0.25) is 0 Å². The Morgan fingerprint density at radius 1 is 1.50 bits per heavy atom. The zero-order valence-electron chi connectivity index (χ0n) is 6.59.